The fourth-order valence-corrected chi connectivity index (χ4v) is 3.25. The van der Waals surface area contributed by atoms with Crippen LogP contribution in [-0.4, -0.2) is 40.3 Å². The van der Waals surface area contributed by atoms with Crippen LogP contribution in [0.1, 0.15) is 52.4 Å². The van der Waals surface area contributed by atoms with Gasteiger partial charge in [0.25, 0.3) is 0 Å². The Morgan fingerprint density at radius 3 is 2.29 bits per heavy atom. The standard InChI is InChI=1S/C16H19Cl2NO5/c1-5-23-13(21)12-8(2)11(9(3)19-12)10(20)6-24-14(22)15(4)7-16(15,17)18/h19H,5-7H2,1-4H3. The molecule has 0 spiro atoms. The maximum Gasteiger partial charge on any atom is 0.355 e. The molecule has 0 aliphatic heterocycles. The van der Waals surface area contributed by atoms with Crippen LogP contribution in [-0.2, 0) is 14.3 Å². The second-order valence-corrected chi connectivity index (χ2v) is 7.54. The number of hydrogen-bond donors (Lipinski definition) is 1. The molecule has 0 saturated heterocycles. The number of carbonyl (C=O) groups excluding carboxylic acids is 3. The van der Waals surface area contributed by atoms with Gasteiger partial charge in [0.1, 0.15) is 15.4 Å². The van der Waals surface area contributed by atoms with Gasteiger partial charge < -0.3 is 14.5 Å². The maximum absolute atomic E-state index is 12.4. The molecule has 24 heavy (non-hydrogen) atoms. The van der Waals surface area contributed by atoms with Crippen molar-refractivity contribution in [2.24, 2.45) is 5.41 Å². The summed E-state index contributed by atoms with van der Waals surface area (Å²) in [5.41, 5.74) is 0.523. The first-order valence-corrected chi connectivity index (χ1v) is 8.25. The molecule has 1 aromatic heterocycles. The first kappa shape index (κ1) is 18.8. The number of rotatable bonds is 6. The molecule has 0 bridgehead atoms. The van der Waals surface area contributed by atoms with Crippen LogP contribution in [0, 0.1) is 19.3 Å². The average molecular weight is 376 g/mol. The minimum atomic E-state index is -1.15. The molecule has 2 rings (SSSR count). The Kier molecular flexibility index (Phi) is 5.02. The van der Waals surface area contributed by atoms with Crippen LogP contribution in [0.4, 0.5) is 0 Å². The number of aryl methyl sites for hydroxylation is 1. The zero-order chi connectivity index (χ0) is 18.3. The van der Waals surface area contributed by atoms with Gasteiger partial charge in [-0.05, 0) is 33.3 Å². The smallest absolute Gasteiger partial charge is 0.355 e. The quantitative estimate of drug-likeness (QED) is 0.468. The number of hydrogen-bond acceptors (Lipinski definition) is 5. The van der Waals surface area contributed by atoms with Gasteiger partial charge in [-0.2, -0.15) is 0 Å². The molecule has 1 saturated carbocycles. The van der Waals surface area contributed by atoms with Gasteiger partial charge >= 0.3 is 11.9 Å². The van der Waals surface area contributed by atoms with E-state index in [4.69, 9.17) is 32.7 Å². The van der Waals surface area contributed by atoms with Gasteiger partial charge in [0.05, 0.1) is 6.61 Å². The molecule has 1 unspecified atom stereocenters. The fourth-order valence-electron chi connectivity index (χ4n) is 2.56. The number of H-pyrrole nitrogens is 1. The van der Waals surface area contributed by atoms with Gasteiger partial charge in [0, 0.05) is 17.7 Å². The number of ether oxygens (including phenoxy) is 2. The summed E-state index contributed by atoms with van der Waals surface area (Å²) in [4.78, 5) is 39.1. The molecule has 0 radical (unpaired) electrons. The molecular formula is C16H19Cl2NO5. The molecule has 1 aliphatic carbocycles. The van der Waals surface area contributed by atoms with Gasteiger partial charge in [0.2, 0.25) is 5.78 Å². The molecule has 1 atom stereocenters. The van der Waals surface area contributed by atoms with Gasteiger partial charge in [-0.15, -0.1) is 23.2 Å². The van der Waals surface area contributed by atoms with Crippen LogP contribution in [0.15, 0.2) is 0 Å². The molecule has 1 heterocycles. The van der Waals surface area contributed by atoms with Crippen LogP contribution < -0.4 is 0 Å². The third-order valence-corrected chi connectivity index (χ3v) is 5.34. The van der Waals surface area contributed by atoms with Crippen molar-refractivity contribution in [3.05, 3.63) is 22.5 Å². The van der Waals surface area contributed by atoms with Crippen LogP contribution in [0.5, 0.6) is 0 Å². The third-order valence-electron chi connectivity index (χ3n) is 4.24. The van der Waals surface area contributed by atoms with Crippen molar-refractivity contribution in [3.8, 4) is 0 Å². The van der Waals surface area contributed by atoms with E-state index in [0.29, 0.717) is 16.8 Å². The van der Waals surface area contributed by atoms with Gasteiger partial charge in [-0.3, -0.25) is 9.59 Å². The number of nitrogens with one attached hydrogen (secondary N) is 1. The Morgan fingerprint density at radius 2 is 1.79 bits per heavy atom. The first-order valence-electron chi connectivity index (χ1n) is 7.49. The molecule has 0 amide bonds. The number of carbonyl (C=O) groups is 3. The highest BCUT2D eigenvalue weighted by Gasteiger charge is 2.69. The third kappa shape index (κ3) is 3.17. The first-order chi connectivity index (χ1) is 11.0. The van der Waals surface area contributed by atoms with Gasteiger partial charge in [0.15, 0.2) is 6.61 Å². The summed E-state index contributed by atoms with van der Waals surface area (Å²) in [5, 5.41) is 0. The lowest BCUT2D eigenvalue weighted by molar-refractivity contribution is -0.148. The Hall–Kier alpha value is -1.53. The van der Waals surface area contributed by atoms with E-state index < -0.39 is 34.1 Å². The van der Waals surface area contributed by atoms with E-state index in [9.17, 15) is 14.4 Å². The van der Waals surface area contributed by atoms with Crippen LogP contribution in [0.2, 0.25) is 0 Å². The molecule has 6 nitrogen and oxygen atoms in total. The molecular weight excluding hydrogens is 357 g/mol. The predicted molar refractivity (Wildman–Crippen MR) is 88.7 cm³/mol. The van der Waals surface area contributed by atoms with Crippen molar-refractivity contribution >= 4 is 40.9 Å². The van der Waals surface area contributed by atoms with E-state index in [-0.39, 0.29) is 18.7 Å². The van der Waals surface area contributed by atoms with Gasteiger partial charge in [-0.25, -0.2) is 4.79 Å². The second-order valence-electron chi connectivity index (χ2n) is 6.06. The summed E-state index contributed by atoms with van der Waals surface area (Å²) >= 11 is 11.8. The Labute approximate surface area is 149 Å². The van der Waals surface area contributed by atoms with Crippen molar-refractivity contribution in [2.75, 3.05) is 13.2 Å². The van der Waals surface area contributed by atoms with Crippen LogP contribution >= 0.6 is 23.2 Å². The average Bonchev–Trinajstić information content (AvgIpc) is 2.85. The zero-order valence-corrected chi connectivity index (χ0v) is 15.4. The lowest BCUT2D eigenvalue weighted by Crippen LogP contribution is -2.24. The zero-order valence-electron chi connectivity index (χ0n) is 13.9. The normalized spacial score (nSPS) is 21.2. The molecule has 0 aromatic carbocycles. The minimum absolute atomic E-state index is 0.221. The van der Waals surface area contributed by atoms with E-state index in [1.165, 1.54) is 0 Å². The van der Waals surface area contributed by atoms with Crippen molar-refractivity contribution in [1.29, 1.82) is 0 Å². The van der Waals surface area contributed by atoms with Crippen molar-refractivity contribution < 1.29 is 23.9 Å². The van der Waals surface area contributed by atoms with E-state index in [1.807, 2.05) is 0 Å². The summed E-state index contributed by atoms with van der Waals surface area (Å²) in [6, 6.07) is 0. The largest absolute Gasteiger partial charge is 0.461 e. The molecule has 1 fully saturated rings. The molecule has 1 N–H and O–H groups in total. The highest BCUT2D eigenvalue weighted by Crippen LogP contribution is 2.64. The van der Waals surface area contributed by atoms with Crippen molar-refractivity contribution in [2.45, 2.75) is 38.4 Å². The molecule has 1 aromatic rings. The monoisotopic (exact) mass is 375 g/mol. The molecule has 8 heteroatoms. The van der Waals surface area contributed by atoms with E-state index >= 15 is 0 Å². The Balaban J connectivity index is 2.08. The summed E-state index contributed by atoms with van der Waals surface area (Å²) < 4.78 is 8.85. The Bertz CT molecular complexity index is 710. The second kappa shape index (κ2) is 6.41. The fraction of sp³-hybridized carbons (Fsp3) is 0.562. The molecule has 1 aliphatic rings. The lowest BCUT2D eigenvalue weighted by Gasteiger charge is -2.11. The number of ketones is 1. The SMILES string of the molecule is CCOC(=O)c1[nH]c(C)c(C(=O)COC(=O)C2(C)CC2(Cl)Cl)c1C. The molecule has 132 valence electrons. The number of aromatic nitrogens is 1. The Morgan fingerprint density at radius 1 is 1.21 bits per heavy atom. The predicted octanol–water partition coefficient (Wildman–Crippen LogP) is 3.12. The number of halogens is 2. The number of Topliss-reactive ketones (excluding diaryl/α,β-unsaturated/α-hetero) is 1. The van der Waals surface area contributed by atoms with E-state index in [1.54, 1.807) is 27.7 Å². The summed E-state index contributed by atoms with van der Waals surface area (Å²) in [7, 11) is 0. The lowest BCUT2D eigenvalue weighted by atomic mass is 10.1. The highest BCUT2D eigenvalue weighted by molar-refractivity contribution is 6.53. The number of esters is 2. The van der Waals surface area contributed by atoms with Crippen LogP contribution in [0.25, 0.3) is 0 Å². The highest BCUT2D eigenvalue weighted by atomic mass is 35.5. The number of alkyl halides is 2. The number of aromatic amines is 1. The van der Waals surface area contributed by atoms with Gasteiger partial charge in [-0.1, -0.05) is 0 Å². The summed E-state index contributed by atoms with van der Waals surface area (Å²) in [6.45, 7) is 6.37. The summed E-state index contributed by atoms with van der Waals surface area (Å²) in [5.74, 6) is -1.56. The van der Waals surface area contributed by atoms with Crippen LogP contribution in [0.3, 0.4) is 0 Å². The van der Waals surface area contributed by atoms with Crippen molar-refractivity contribution in [1.82, 2.24) is 4.98 Å². The van der Waals surface area contributed by atoms with Crippen molar-refractivity contribution in [3.63, 3.8) is 0 Å². The van der Waals surface area contributed by atoms with E-state index in [0.717, 1.165) is 0 Å². The minimum Gasteiger partial charge on any atom is -0.461 e. The maximum atomic E-state index is 12.4. The topological polar surface area (TPSA) is 85.5 Å². The summed E-state index contributed by atoms with van der Waals surface area (Å²) in [6.07, 6.45) is 0.283. The van der Waals surface area contributed by atoms with E-state index in [2.05, 4.69) is 4.98 Å².